The van der Waals surface area contributed by atoms with Crippen LogP contribution in [0.1, 0.15) is 27.7 Å². The monoisotopic (exact) mass is 434 g/mol. The normalized spacial score (nSPS) is 10.2. The minimum absolute atomic E-state index is 0.232. The predicted octanol–water partition coefficient (Wildman–Crippen LogP) is 1.08. The molecule has 9 N–H and O–H groups in total. The van der Waals surface area contributed by atoms with E-state index < -0.39 is 0 Å². The van der Waals surface area contributed by atoms with E-state index in [-0.39, 0.29) is 5.95 Å². The first-order chi connectivity index (χ1) is 14.6. The van der Waals surface area contributed by atoms with Gasteiger partial charge in [0.1, 0.15) is 11.4 Å². The molecule has 2 heterocycles. The molecule has 12 heteroatoms. The Bertz CT molecular complexity index is 831. The Labute approximate surface area is 185 Å². The van der Waals surface area contributed by atoms with Gasteiger partial charge in [-0.1, -0.05) is 0 Å². The van der Waals surface area contributed by atoms with Crippen LogP contribution in [-0.2, 0) is 0 Å². The van der Waals surface area contributed by atoms with E-state index in [1.807, 2.05) is 37.7 Å². The second kappa shape index (κ2) is 11.7. The summed E-state index contributed by atoms with van der Waals surface area (Å²) in [6, 6.07) is 0. The van der Waals surface area contributed by atoms with E-state index in [2.05, 4.69) is 44.0 Å². The lowest BCUT2D eigenvalue weighted by atomic mass is 10.3. The van der Waals surface area contributed by atoms with Gasteiger partial charge in [0, 0.05) is 47.3 Å². The fourth-order valence-corrected chi connectivity index (χ4v) is 2.86. The summed E-state index contributed by atoms with van der Waals surface area (Å²) >= 11 is 0. The molecule has 0 spiro atoms. The first-order valence-electron chi connectivity index (χ1n) is 10.4. The van der Waals surface area contributed by atoms with Crippen molar-refractivity contribution >= 4 is 46.5 Å². The molecule has 0 aromatic carbocycles. The topological polar surface area (TPSA) is 177 Å². The van der Waals surface area contributed by atoms with Crippen LogP contribution in [-0.4, -0.2) is 67.3 Å². The molecular formula is C19H38N12. The maximum absolute atomic E-state index is 5.93. The number of aromatic nitrogens is 4. The number of nitrogen functional groups attached to an aromatic ring is 4. The number of nitrogens with one attached hydrogen (secondary N) is 1. The number of anilines is 8. The van der Waals surface area contributed by atoms with E-state index >= 15 is 0 Å². The third-order valence-corrected chi connectivity index (χ3v) is 4.65. The van der Waals surface area contributed by atoms with Gasteiger partial charge in [-0.15, -0.1) is 0 Å². The maximum atomic E-state index is 5.93. The molecule has 2 aromatic rings. The highest BCUT2D eigenvalue weighted by atomic mass is 15.3. The van der Waals surface area contributed by atoms with Crippen molar-refractivity contribution in [1.29, 1.82) is 0 Å². The van der Waals surface area contributed by atoms with Gasteiger partial charge in [0.25, 0.3) is 0 Å². The van der Waals surface area contributed by atoms with Crippen molar-refractivity contribution < 1.29 is 0 Å². The van der Waals surface area contributed by atoms with Gasteiger partial charge in [0.2, 0.25) is 11.9 Å². The smallest absolute Gasteiger partial charge is 0.228 e. The summed E-state index contributed by atoms with van der Waals surface area (Å²) in [4.78, 5) is 22.6. The van der Waals surface area contributed by atoms with Crippen LogP contribution in [0.3, 0.4) is 0 Å². The van der Waals surface area contributed by atoms with Crippen LogP contribution in [0.15, 0.2) is 0 Å². The third kappa shape index (κ3) is 6.27. The summed E-state index contributed by atoms with van der Waals surface area (Å²) < 4.78 is 0. The molecule has 31 heavy (non-hydrogen) atoms. The number of nitrogens with two attached hydrogens (primary N) is 4. The van der Waals surface area contributed by atoms with Crippen LogP contribution in [0.25, 0.3) is 0 Å². The van der Waals surface area contributed by atoms with E-state index in [0.717, 1.165) is 26.2 Å². The maximum Gasteiger partial charge on any atom is 0.228 e. The van der Waals surface area contributed by atoms with Crippen LogP contribution in [0, 0.1) is 0 Å². The lowest BCUT2D eigenvalue weighted by molar-refractivity contribution is 0.839. The summed E-state index contributed by atoms with van der Waals surface area (Å²) in [6.07, 6.45) is 0. The average Bonchev–Trinajstić information content (AvgIpc) is 2.75. The molecule has 0 saturated carbocycles. The van der Waals surface area contributed by atoms with Crippen molar-refractivity contribution in [2.24, 2.45) is 0 Å². The second-order valence-electron chi connectivity index (χ2n) is 6.80. The predicted molar refractivity (Wildman–Crippen MR) is 133 cm³/mol. The van der Waals surface area contributed by atoms with Gasteiger partial charge < -0.3 is 43.0 Å². The first-order valence-corrected chi connectivity index (χ1v) is 10.4. The zero-order chi connectivity index (χ0) is 23.7. The molecule has 174 valence electrons. The fraction of sp³-hybridized carbons (Fsp3) is 0.579. The fourth-order valence-electron chi connectivity index (χ4n) is 2.86. The lowest BCUT2D eigenvalue weighted by Gasteiger charge is -2.23. The molecule has 0 aliphatic carbocycles. The summed E-state index contributed by atoms with van der Waals surface area (Å²) in [5.41, 5.74) is 24.2. The minimum atomic E-state index is 0.232. The molecule has 0 aliphatic heterocycles. The van der Waals surface area contributed by atoms with Crippen LogP contribution in [0.2, 0.25) is 0 Å². The highest BCUT2D eigenvalue weighted by Crippen LogP contribution is 2.28. The summed E-state index contributed by atoms with van der Waals surface area (Å²) in [6.45, 7) is 11.5. The zero-order valence-corrected chi connectivity index (χ0v) is 19.8. The Kier molecular flexibility index (Phi) is 9.64. The highest BCUT2D eigenvalue weighted by Gasteiger charge is 2.15. The summed E-state index contributed by atoms with van der Waals surface area (Å²) in [5.74, 6) is 3.12. The Balaban J connectivity index is 0.000000311. The molecule has 2 rings (SSSR count). The first kappa shape index (κ1) is 25.6. The zero-order valence-electron chi connectivity index (χ0n) is 19.8. The molecule has 0 radical (unpaired) electrons. The molecule has 0 bridgehead atoms. The number of nitrogens with zero attached hydrogens (tertiary/aromatic N) is 7. The van der Waals surface area contributed by atoms with Gasteiger partial charge in [-0.25, -0.2) is 0 Å². The van der Waals surface area contributed by atoms with Crippen LogP contribution >= 0.6 is 0 Å². The molecule has 2 aromatic heterocycles. The van der Waals surface area contributed by atoms with Crippen molar-refractivity contribution in [1.82, 2.24) is 19.9 Å². The van der Waals surface area contributed by atoms with Crippen LogP contribution in [0.4, 0.5) is 46.5 Å². The van der Waals surface area contributed by atoms with E-state index in [4.69, 9.17) is 22.9 Å². The number of hydrogen-bond donors (Lipinski definition) is 5. The van der Waals surface area contributed by atoms with Gasteiger partial charge in [0.05, 0.1) is 0 Å². The van der Waals surface area contributed by atoms with E-state index in [9.17, 15) is 0 Å². The van der Waals surface area contributed by atoms with Crippen LogP contribution in [0.5, 0.6) is 0 Å². The summed E-state index contributed by atoms with van der Waals surface area (Å²) in [5, 5.41) is 2.90. The molecule has 0 fully saturated rings. The Hall–Kier alpha value is -3.44. The van der Waals surface area contributed by atoms with Crippen molar-refractivity contribution in [2.75, 3.05) is 90.3 Å². The SMILES string of the molecule is CCN(CC)c1nc(N(C)C)nc(N)c1N.CCN(CC)c1nc(N)nc(NC)c1N. The van der Waals surface area contributed by atoms with Crippen molar-refractivity contribution in [3.05, 3.63) is 0 Å². The van der Waals surface area contributed by atoms with Crippen molar-refractivity contribution in [3.8, 4) is 0 Å². The van der Waals surface area contributed by atoms with Crippen LogP contribution < -0.4 is 43.0 Å². The lowest BCUT2D eigenvalue weighted by Crippen LogP contribution is -2.26. The van der Waals surface area contributed by atoms with E-state index in [0.29, 0.717) is 40.6 Å². The van der Waals surface area contributed by atoms with Gasteiger partial charge in [-0.3, -0.25) is 0 Å². The molecule has 0 unspecified atom stereocenters. The number of hydrogen-bond acceptors (Lipinski definition) is 12. The van der Waals surface area contributed by atoms with E-state index in [1.165, 1.54) is 0 Å². The van der Waals surface area contributed by atoms with Gasteiger partial charge >= 0.3 is 0 Å². The molecular weight excluding hydrogens is 396 g/mol. The van der Waals surface area contributed by atoms with Crippen molar-refractivity contribution in [2.45, 2.75) is 27.7 Å². The van der Waals surface area contributed by atoms with Gasteiger partial charge in [-0.2, -0.15) is 19.9 Å². The van der Waals surface area contributed by atoms with Gasteiger partial charge in [-0.05, 0) is 27.7 Å². The average molecular weight is 435 g/mol. The number of rotatable bonds is 8. The molecule has 0 saturated heterocycles. The Morgan fingerprint density at radius 3 is 1.61 bits per heavy atom. The van der Waals surface area contributed by atoms with Crippen molar-refractivity contribution in [3.63, 3.8) is 0 Å². The quantitative estimate of drug-likeness (QED) is 0.400. The highest BCUT2D eigenvalue weighted by molar-refractivity contribution is 5.76. The Morgan fingerprint density at radius 2 is 1.19 bits per heavy atom. The molecule has 0 amide bonds. The second-order valence-corrected chi connectivity index (χ2v) is 6.80. The summed E-state index contributed by atoms with van der Waals surface area (Å²) in [7, 11) is 5.50. The Morgan fingerprint density at radius 1 is 0.710 bits per heavy atom. The third-order valence-electron chi connectivity index (χ3n) is 4.65. The molecule has 0 aliphatic rings. The minimum Gasteiger partial charge on any atom is -0.393 e. The standard InChI is InChI=1S/C10H20N6.C9H18N6/c1-5-16(6-2)9-7(11)8(12)13-10(14-9)15(3)4;1-4-15(5-2)8-6(10)7(12-3)13-9(11)14-8/h5-6,11H2,1-4H3,(H2,12,13,14);4-5,10H2,1-3H3,(H3,11,12,13,14). The van der Waals surface area contributed by atoms with Gasteiger partial charge in [0.15, 0.2) is 23.3 Å². The van der Waals surface area contributed by atoms with E-state index in [1.54, 1.807) is 7.05 Å². The molecule has 0 atom stereocenters. The largest absolute Gasteiger partial charge is 0.393 e. The molecule has 12 nitrogen and oxygen atoms in total.